The lowest BCUT2D eigenvalue weighted by molar-refractivity contribution is 0.0660. The Morgan fingerprint density at radius 1 is 1.28 bits per heavy atom. The highest BCUT2D eigenvalue weighted by Gasteiger charge is 2.28. The highest BCUT2D eigenvalue weighted by Crippen LogP contribution is 2.29. The normalized spacial score (nSPS) is 17.8. The zero-order valence-electron chi connectivity index (χ0n) is 15.2. The van der Waals surface area contributed by atoms with Crippen LogP contribution in [-0.2, 0) is 7.05 Å². The van der Waals surface area contributed by atoms with Gasteiger partial charge in [0.1, 0.15) is 9.88 Å². The van der Waals surface area contributed by atoms with E-state index < -0.39 is 0 Å². The fourth-order valence-electron chi connectivity index (χ4n) is 3.08. The molecule has 0 radical (unpaired) electrons. The van der Waals surface area contributed by atoms with Gasteiger partial charge in [-0.25, -0.2) is 9.67 Å². The van der Waals surface area contributed by atoms with Gasteiger partial charge in [-0.1, -0.05) is 0 Å². The van der Waals surface area contributed by atoms with E-state index in [1.807, 2.05) is 32.6 Å². The van der Waals surface area contributed by atoms with Crippen molar-refractivity contribution in [3.8, 4) is 10.6 Å². The van der Waals surface area contributed by atoms with Crippen molar-refractivity contribution in [2.24, 2.45) is 7.05 Å². The number of hydrogen-bond acceptors (Lipinski definition) is 6. The molecule has 134 valence electrons. The van der Waals surface area contributed by atoms with Crippen molar-refractivity contribution in [3.63, 3.8) is 0 Å². The molecule has 1 atom stereocenters. The monoisotopic (exact) mass is 361 g/mol. The fraction of sp³-hybridized carbons (Fsp3) is 0.529. The zero-order valence-corrected chi connectivity index (χ0v) is 16.0. The van der Waals surface area contributed by atoms with Crippen LogP contribution in [0.5, 0.6) is 0 Å². The van der Waals surface area contributed by atoms with Crippen LogP contribution >= 0.6 is 11.3 Å². The van der Waals surface area contributed by atoms with Gasteiger partial charge in [0.2, 0.25) is 0 Å². The van der Waals surface area contributed by atoms with E-state index >= 15 is 0 Å². The van der Waals surface area contributed by atoms with Crippen LogP contribution in [0.25, 0.3) is 10.6 Å². The van der Waals surface area contributed by atoms with Gasteiger partial charge in [0.25, 0.3) is 11.5 Å². The second-order valence-electron chi connectivity index (χ2n) is 6.50. The molecule has 1 saturated heterocycles. The number of carbonyl (C=O) groups is 1. The number of amides is 1. The van der Waals surface area contributed by atoms with Crippen molar-refractivity contribution in [3.05, 3.63) is 32.2 Å². The smallest absolute Gasteiger partial charge is 0.277 e. The van der Waals surface area contributed by atoms with E-state index in [4.69, 9.17) is 0 Å². The molecule has 0 bridgehead atoms. The van der Waals surface area contributed by atoms with Gasteiger partial charge in [-0.05, 0) is 33.3 Å². The molecule has 1 N–H and O–H groups in total. The van der Waals surface area contributed by atoms with Crippen LogP contribution in [0, 0.1) is 20.8 Å². The van der Waals surface area contributed by atoms with Gasteiger partial charge >= 0.3 is 0 Å². The van der Waals surface area contributed by atoms with Crippen LogP contribution < -0.4 is 10.9 Å². The van der Waals surface area contributed by atoms with E-state index in [2.05, 4.69) is 15.4 Å². The van der Waals surface area contributed by atoms with Crippen LogP contribution in [0.1, 0.15) is 33.5 Å². The Morgan fingerprint density at radius 3 is 2.68 bits per heavy atom. The Bertz CT molecular complexity index is 886. The van der Waals surface area contributed by atoms with Crippen LogP contribution in [0.4, 0.5) is 0 Å². The standard InChI is InChI=1S/C17H23N5O2S/c1-9-8-18-6-7-22(9)17(24)14-12(4)19-15(25-14)13-10(2)11(3)20-21(5)16(13)23/h9,18H,6-8H2,1-5H3/t9-/m1/s1. The number of aromatic nitrogens is 3. The van der Waals surface area contributed by atoms with E-state index in [9.17, 15) is 9.59 Å². The quantitative estimate of drug-likeness (QED) is 0.871. The van der Waals surface area contributed by atoms with Crippen LogP contribution in [0.2, 0.25) is 0 Å². The van der Waals surface area contributed by atoms with Crippen molar-refractivity contribution in [2.75, 3.05) is 19.6 Å². The molecule has 0 aromatic carbocycles. The number of hydrogen-bond donors (Lipinski definition) is 1. The molecule has 1 aliphatic rings. The van der Waals surface area contributed by atoms with Gasteiger partial charge in [0.05, 0.1) is 17.0 Å². The number of piperazine rings is 1. The van der Waals surface area contributed by atoms with Gasteiger partial charge in [-0.3, -0.25) is 9.59 Å². The number of nitrogens with one attached hydrogen (secondary N) is 1. The van der Waals surface area contributed by atoms with E-state index in [0.29, 0.717) is 27.7 Å². The molecular formula is C17H23N5O2S. The van der Waals surface area contributed by atoms with Gasteiger partial charge in [-0.15, -0.1) is 11.3 Å². The lowest BCUT2D eigenvalue weighted by atomic mass is 10.1. The molecule has 25 heavy (non-hydrogen) atoms. The SMILES string of the molecule is Cc1nc(-c2c(C)c(C)nn(C)c2=O)sc1C(=O)N1CCNC[C@H]1C. The third-order valence-corrected chi connectivity index (χ3v) is 5.86. The summed E-state index contributed by atoms with van der Waals surface area (Å²) in [6.07, 6.45) is 0. The molecule has 0 spiro atoms. The topological polar surface area (TPSA) is 80.1 Å². The summed E-state index contributed by atoms with van der Waals surface area (Å²) >= 11 is 1.30. The van der Waals surface area contributed by atoms with Crippen molar-refractivity contribution < 1.29 is 4.79 Å². The van der Waals surface area contributed by atoms with Crippen LogP contribution in [0.15, 0.2) is 4.79 Å². The van der Waals surface area contributed by atoms with Gasteiger partial charge in [0, 0.05) is 32.7 Å². The number of aryl methyl sites for hydroxylation is 3. The first kappa shape index (κ1) is 17.8. The molecule has 8 heteroatoms. The average Bonchev–Trinajstić information content (AvgIpc) is 2.94. The largest absolute Gasteiger partial charge is 0.333 e. The predicted molar refractivity (Wildman–Crippen MR) is 98.2 cm³/mol. The molecule has 2 aromatic rings. The first-order valence-electron chi connectivity index (χ1n) is 8.35. The maximum Gasteiger partial charge on any atom is 0.277 e. The van der Waals surface area contributed by atoms with Crippen LogP contribution in [-0.4, -0.2) is 51.2 Å². The molecule has 0 saturated carbocycles. The highest BCUT2D eigenvalue weighted by atomic mass is 32.1. The summed E-state index contributed by atoms with van der Waals surface area (Å²) < 4.78 is 1.33. The summed E-state index contributed by atoms with van der Waals surface area (Å²) in [5, 5.41) is 8.08. The molecule has 0 unspecified atom stereocenters. The maximum absolute atomic E-state index is 13.0. The Balaban J connectivity index is 2.05. The van der Waals surface area contributed by atoms with E-state index in [0.717, 1.165) is 24.3 Å². The van der Waals surface area contributed by atoms with Gasteiger partial charge < -0.3 is 10.2 Å². The fourth-order valence-corrected chi connectivity index (χ4v) is 4.19. The number of nitrogens with zero attached hydrogens (tertiary/aromatic N) is 4. The van der Waals surface area contributed by atoms with Crippen LogP contribution in [0.3, 0.4) is 0 Å². The van der Waals surface area contributed by atoms with E-state index in [1.165, 1.54) is 16.0 Å². The van der Waals surface area contributed by atoms with Gasteiger partial charge in [0.15, 0.2) is 0 Å². The Kier molecular flexibility index (Phi) is 4.75. The molecular weight excluding hydrogens is 338 g/mol. The molecule has 7 nitrogen and oxygen atoms in total. The third kappa shape index (κ3) is 3.11. The molecule has 1 fully saturated rings. The lowest BCUT2D eigenvalue weighted by Gasteiger charge is -2.33. The summed E-state index contributed by atoms with van der Waals surface area (Å²) in [7, 11) is 1.63. The zero-order chi connectivity index (χ0) is 18.3. The summed E-state index contributed by atoms with van der Waals surface area (Å²) in [6.45, 7) is 9.87. The molecule has 3 rings (SSSR count). The van der Waals surface area contributed by atoms with Crippen molar-refractivity contribution in [1.29, 1.82) is 0 Å². The maximum atomic E-state index is 13.0. The van der Waals surface area contributed by atoms with Crippen molar-refractivity contribution in [1.82, 2.24) is 25.0 Å². The molecule has 3 heterocycles. The molecule has 1 amide bonds. The number of rotatable bonds is 2. The first-order valence-corrected chi connectivity index (χ1v) is 9.17. The number of thiazole rings is 1. The summed E-state index contributed by atoms with van der Waals surface area (Å²) in [6, 6.07) is 0.143. The molecule has 1 aliphatic heterocycles. The number of carbonyl (C=O) groups excluding carboxylic acids is 1. The molecule has 2 aromatic heterocycles. The second-order valence-corrected chi connectivity index (χ2v) is 7.50. The predicted octanol–water partition coefficient (Wildman–Crippen LogP) is 1.26. The highest BCUT2D eigenvalue weighted by molar-refractivity contribution is 7.17. The Labute approximate surface area is 150 Å². The average molecular weight is 361 g/mol. The summed E-state index contributed by atoms with van der Waals surface area (Å²) in [4.78, 5) is 32.5. The minimum absolute atomic E-state index is 0.00416. The Hall–Kier alpha value is -2.06. The first-order chi connectivity index (χ1) is 11.8. The minimum Gasteiger partial charge on any atom is -0.333 e. The molecule has 0 aliphatic carbocycles. The summed E-state index contributed by atoms with van der Waals surface area (Å²) in [5.74, 6) is -0.00416. The van der Waals surface area contributed by atoms with Crippen molar-refractivity contribution in [2.45, 2.75) is 33.7 Å². The van der Waals surface area contributed by atoms with Gasteiger partial charge in [-0.2, -0.15) is 5.10 Å². The third-order valence-electron chi connectivity index (χ3n) is 4.69. The minimum atomic E-state index is -0.189. The lowest BCUT2D eigenvalue weighted by Crippen LogP contribution is -2.52. The summed E-state index contributed by atoms with van der Waals surface area (Å²) in [5.41, 5.74) is 2.62. The van der Waals surface area contributed by atoms with E-state index in [-0.39, 0.29) is 17.5 Å². The second kappa shape index (κ2) is 6.68. The van der Waals surface area contributed by atoms with E-state index in [1.54, 1.807) is 7.05 Å². The van der Waals surface area contributed by atoms with Crippen molar-refractivity contribution >= 4 is 17.2 Å². The Morgan fingerprint density at radius 2 is 2.00 bits per heavy atom.